The zero-order valence-corrected chi connectivity index (χ0v) is 33.1. The lowest BCUT2D eigenvalue weighted by atomic mass is 9.74. The monoisotopic (exact) mass is 749 g/mol. The Kier molecular flexibility index (Phi) is 15.3. The van der Waals surface area contributed by atoms with Gasteiger partial charge in [-0.2, -0.15) is 0 Å². The molecule has 18 atom stereocenters. The van der Waals surface area contributed by atoms with Crippen LogP contribution in [0.1, 0.15) is 88.0 Å². The molecule has 0 aromatic carbocycles. The highest BCUT2D eigenvalue weighted by molar-refractivity contribution is 5.83. The van der Waals surface area contributed by atoms with Gasteiger partial charge in [0.25, 0.3) is 0 Å². The van der Waals surface area contributed by atoms with Crippen molar-refractivity contribution >= 4 is 11.8 Å². The summed E-state index contributed by atoms with van der Waals surface area (Å²) in [5.74, 6) is -5.88. The van der Waals surface area contributed by atoms with E-state index in [0.717, 1.165) is 0 Å². The summed E-state index contributed by atoms with van der Waals surface area (Å²) in [6, 6.07) is -0.364. The second-order valence-corrected chi connectivity index (χ2v) is 16.5. The Balaban J connectivity index is 2.22. The van der Waals surface area contributed by atoms with Gasteiger partial charge in [0.2, 0.25) is 0 Å². The fourth-order valence-corrected chi connectivity index (χ4v) is 8.46. The Labute approximate surface area is 308 Å². The van der Waals surface area contributed by atoms with Gasteiger partial charge >= 0.3 is 5.97 Å². The maximum Gasteiger partial charge on any atom is 0.314 e. The summed E-state index contributed by atoms with van der Waals surface area (Å²) in [5, 5.41) is 68.5. The second-order valence-electron chi connectivity index (χ2n) is 16.5. The normalized spacial score (nSPS) is 49.0. The molecule has 3 aliphatic heterocycles. The molecule has 0 bridgehead atoms. The maximum atomic E-state index is 14.1. The SMILES string of the molecule is CCC1OC(=O)C(CO)C(OC2CC(C)(OC)C(O)C(C)O2)C(C)C(OC2OC(C)CC(N(C)C)C2O)C(C)(O)CC(C)C(=O)C(C)C(O)C1(C)O. The molecule has 0 amide bonds. The number of nitrogens with zero attached hydrogens (tertiary/aromatic N) is 1. The van der Waals surface area contributed by atoms with Crippen LogP contribution < -0.4 is 0 Å². The zero-order valence-electron chi connectivity index (χ0n) is 33.1. The van der Waals surface area contributed by atoms with E-state index in [4.69, 9.17) is 28.4 Å². The molecule has 3 saturated heterocycles. The summed E-state index contributed by atoms with van der Waals surface area (Å²) in [5.41, 5.74) is -5.07. The Hall–Kier alpha value is -1.34. The molecule has 0 saturated carbocycles. The highest BCUT2D eigenvalue weighted by Gasteiger charge is 2.54. The number of esters is 1. The topological polar surface area (TPSA) is 214 Å². The first-order chi connectivity index (χ1) is 24.0. The summed E-state index contributed by atoms with van der Waals surface area (Å²) in [6.45, 7) is 13.5. The molecule has 6 N–H and O–H groups in total. The highest BCUT2D eigenvalue weighted by atomic mass is 16.7. The number of hydrogen-bond acceptors (Lipinski definition) is 15. The molecule has 0 aromatic heterocycles. The van der Waals surface area contributed by atoms with Gasteiger partial charge in [0.1, 0.15) is 35.6 Å². The summed E-state index contributed by atoms with van der Waals surface area (Å²) >= 11 is 0. The van der Waals surface area contributed by atoms with Crippen LogP contribution in [0.15, 0.2) is 0 Å². The van der Waals surface area contributed by atoms with E-state index in [2.05, 4.69) is 0 Å². The van der Waals surface area contributed by atoms with Crippen molar-refractivity contribution in [1.29, 1.82) is 0 Å². The number of rotatable bonds is 8. The van der Waals surface area contributed by atoms with Crippen molar-refractivity contribution in [3.63, 3.8) is 0 Å². The predicted molar refractivity (Wildman–Crippen MR) is 188 cm³/mol. The van der Waals surface area contributed by atoms with Crippen LogP contribution in [0.25, 0.3) is 0 Å². The summed E-state index contributed by atoms with van der Waals surface area (Å²) < 4.78 is 36.8. The first kappa shape index (κ1) is 45.1. The summed E-state index contributed by atoms with van der Waals surface area (Å²) in [7, 11) is 5.10. The lowest BCUT2D eigenvalue weighted by Crippen LogP contribution is -2.61. The first-order valence-electron chi connectivity index (χ1n) is 18.6. The van der Waals surface area contributed by atoms with Gasteiger partial charge in [-0.05, 0) is 68.0 Å². The van der Waals surface area contributed by atoms with Crippen LogP contribution in [0.5, 0.6) is 0 Å². The first-order valence-corrected chi connectivity index (χ1v) is 18.6. The quantitative estimate of drug-likeness (QED) is 0.189. The number of aliphatic hydroxyl groups excluding tert-OH is 4. The van der Waals surface area contributed by atoms with Crippen LogP contribution >= 0.6 is 0 Å². The number of carbonyl (C=O) groups is 2. The van der Waals surface area contributed by atoms with Gasteiger partial charge in [-0.15, -0.1) is 0 Å². The largest absolute Gasteiger partial charge is 0.459 e. The van der Waals surface area contributed by atoms with Crippen LogP contribution in [0, 0.1) is 23.7 Å². The van der Waals surface area contributed by atoms with E-state index in [-0.39, 0.29) is 31.4 Å². The van der Waals surface area contributed by atoms with E-state index in [1.165, 1.54) is 27.9 Å². The molecule has 0 aromatic rings. The third-order valence-corrected chi connectivity index (χ3v) is 11.9. The van der Waals surface area contributed by atoms with Gasteiger partial charge in [-0.1, -0.05) is 27.7 Å². The summed E-state index contributed by atoms with van der Waals surface area (Å²) in [4.78, 5) is 29.8. The number of cyclic esters (lactones) is 1. The van der Waals surface area contributed by atoms with Crippen molar-refractivity contribution in [3.05, 3.63) is 0 Å². The molecule has 18 unspecified atom stereocenters. The van der Waals surface area contributed by atoms with E-state index in [1.54, 1.807) is 34.6 Å². The molecular weight excluding hydrogens is 682 g/mol. The molecule has 3 heterocycles. The number of Topliss-reactive ketones (excluding diaryl/α,β-unsaturated/α-hetero) is 1. The van der Waals surface area contributed by atoms with Crippen LogP contribution in [0.3, 0.4) is 0 Å². The Morgan fingerprint density at radius 2 is 1.54 bits per heavy atom. The molecule has 0 spiro atoms. The minimum absolute atomic E-state index is 0.0156. The highest BCUT2D eigenvalue weighted by Crippen LogP contribution is 2.40. The Morgan fingerprint density at radius 1 is 0.923 bits per heavy atom. The standard InChI is InChI=1S/C37H67NO14/c1-13-25-37(9,46)30(42)20(4)27(40)18(2)15-35(7,45)32(52-34-28(41)24(38(10)11)14-19(3)48-34)21(5)29(23(17-39)33(44)50-25)51-26-16-36(8,47-12)31(43)22(6)49-26/h18-26,28-32,34,39,41-43,45-46H,13-17H2,1-12H3. The van der Waals surface area contributed by atoms with Crippen LogP contribution in [-0.2, 0) is 38.0 Å². The van der Waals surface area contributed by atoms with E-state index in [1.807, 2.05) is 25.9 Å². The molecule has 0 aliphatic carbocycles. The fraction of sp³-hybridized carbons (Fsp3) is 0.946. The fourth-order valence-electron chi connectivity index (χ4n) is 8.46. The predicted octanol–water partition coefficient (Wildman–Crippen LogP) is 0.758. The van der Waals surface area contributed by atoms with Gasteiger partial charge in [0, 0.05) is 37.3 Å². The van der Waals surface area contributed by atoms with Crippen LogP contribution in [-0.4, -0.2) is 159 Å². The molecule has 3 aliphatic rings. The molecule has 0 radical (unpaired) electrons. The third kappa shape index (κ3) is 9.54. The number of hydrogen-bond donors (Lipinski definition) is 6. The molecule has 3 rings (SSSR count). The lowest BCUT2D eigenvalue weighted by Gasteiger charge is -2.49. The zero-order chi connectivity index (χ0) is 39.7. The number of carbonyl (C=O) groups excluding carboxylic acids is 2. The maximum absolute atomic E-state index is 14.1. The van der Waals surface area contributed by atoms with Crippen LogP contribution in [0.4, 0.5) is 0 Å². The number of ketones is 1. The van der Waals surface area contributed by atoms with Crippen molar-refractivity contribution in [1.82, 2.24) is 4.90 Å². The van der Waals surface area contributed by atoms with E-state index < -0.39 is 114 Å². The molecular formula is C37H67NO14. The minimum atomic E-state index is -2.08. The van der Waals surface area contributed by atoms with Gasteiger partial charge in [-0.25, -0.2) is 0 Å². The molecule has 3 fully saturated rings. The van der Waals surface area contributed by atoms with Gasteiger partial charge in [0.05, 0.1) is 48.3 Å². The summed E-state index contributed by atoms with van der Waals surface area (Å²) in [6.07, 6.45) is -10.8. The lowest BCUT2D eigenvalue weighted by molar-refractivity contribution is -0.319. The average Bonchev–Trinajstić information content (AvgIpc) is 3.07. The van der Waals surface area contributed by atoms with E-state index in [0.29, 0.717) is 6.42 Å². The van der Waals surface area contributed by atoms with Crippen molar-refractivity contribution < 1.29 is 68.6 Å². The Morgan fingerprint density at radius 3 is 2.08 bits per heavy atom. The number of ether oxygens (including phenoxy) is 6. The van der Waals surface area contributed by atoms with Crippen molar-refractivity contribution in [2.75, 3.05) is 27.8 Å². The number of methoxy groups -OCH3 is 1. The average molecular weight is 750 g/mol. The second kappa shape index (κ2) is 17.6. The Bertz CT molecular complexity index is 1190. The molecule has 15 nitrogen and oxygen atoms in total. The van der Waals surface area contributed by atoms with Gasteiger partial charge in [0.15, 0.2) is 12.6 Å². The van der Waals surface area contributed by atoms with Crippen molar-refractivity contribution in [2.45, 2.75) is 172 Å². The third-order valence-electron chi connectivity index (χ3n) is 11.9. The van der Waals surface area contributed by atoms with E-state index in [9.17, 15) is 40.2 Å². The van der Waals surface area contributed by atoms with Crippen molar-refractivity contribution in [2.24, 2.45) is 23.7 Å². The minimum Gasteiger partial charge on any atom is -0.459 e. The van der Waals surface area contributed by atoms with E-state index >= 15 is 0 Å². The van der Waals surface area contributed by atoms with Crippen molar-refractivity contribution in [3.8, 4) is 0 Å². The van der Waals surface area contributed by atoms with Gasteiger partial charge < -0.3 is 64.0 Å². The molecule has 304 valence electrons. The number of likely N-dealkylation sites (N-methyl/N-ethyl adjacent to an activating group) is 1. The van der Waals surface area contributed by atoms with Gasteiger partial charge in [-0.3, -0.25) is 9.59 Å². The number of aliphatic hydroxyl groups is 6. The smallest absolute Gasteiger partial charge is 0.314 e. The molecule has 52 heavy (non-hydrogen) atoms. The molecule has 15 heteroatoms. The van der Waals surface area contributed by atoms with Crippen LogP contribution in [0.2, 0.25) is 0 Å².